The number of hydrogen-bond donors (Lipinski definition) is 1. The lowest BCUT2D eigenvalue weighted by Crippen LogP contribution is -2.55. The second-order valence-electron chi connectivity index (χ2n) is 13.2. The molecule has 0 aromatic heterocycles. The summed E-state index contributed by atoms with van der Waals surface area (Å²) in [6.07, 6.45) is 9.35. The van der Waals surface area contributed by atoms with E-state index >= 15 is 0 Å². The summed E-state index contributed by atoms with van der Waals surface area (Å²) in [5.74, 6) is -1.18. The van der Waals surface area contributed by atoms with Crippen LogP contribution < -0.4 is 0 Å². The van der Waals surface area contributed by atoms with Gasteiger partial charge in [0.2, 0.25) is 0 Å². The maximum absolute atomic E-state index is 12.4. The summed E-state index contributed by atoms with van der Waals surface area (Å²) in [6, 6.07) is 0. The van der Waals surface area contributed by atoms with Crippen LogP contribution in [-0.2, 0) is 28.6 Å². The minimum absolute atomic E-state index is 0.0618. The van der Waals surface area contributed by atoms with Crippen LogP contribution in [0.4, 0.5) is 0 Å². The first-order valence-electron chi connectivity index (χ1n) is 14.3. The first-order valence-corrected chi connectivity index (χ1v) is 14.3. The standard InChI is InChI=1S/C32H42O7/c1-17-8-10-25(38-29(17)36)18(2)22-12-13-31(6)23-16-24(34)28-20(9-11-27(35)39-30(28,4)5)14-21(23)15-26(32(22,31)7)37-19(3)33/h8-9,11,14,18,22,24-26,28,34H,10,12-13,15-16H2,1-7H3. The Morgan fingerprint density at radius 2 is 1.87 bits per heavy atom. The average Bonchev–Trinajstić information content (AvgIpc) is 2.95. The van der Waals surface area contributed by atoms with Crippen molar-refractivity contribution in [3.63, 3.8) is 0 Å². The predicted octanol–water partition coefficient (Wildman–Crippen LogP) is 5.14. The van der Waals surface area contributed by atoms with Crippen molar-refractivity contribution in [3.05, 3.63) is 46.6 Å². The van der Waals surface area contributed by atoms with Gasteiger partial charge >= 0.3 is 17.9 Å². The van der Waals surface area contributed by atoms with Crippen molar-refractivity contribution in [3.8, 4) is 0 Å². The van der Waals surface area contributed by atoms with Crippen molar-refractivity contribution < 1.29 is 33.7 Å². The Kier molecular flexibility index (Phi) is 6.77. The Morgan fingerprint density at radius 1 is 1.15 bits per heavy atom. The Labute approximate surface area is 231 Å². The highest BCUT2D eigenvalue weighted by molar-refractivity contribution is 5.88. The van der Waals surface area contributed by atoms with Crippen LogP contribution >= 0.6 is 0 Å². The molecule has 1 fully saturated rings. The summed E-state index contributed by atoms with van der Waals surface area (Å²) < 4.78 is 17.7. The van der Waals surface area contributed by atoms with Gasteiger partial charge in [-0.3, -0.25) is 4.79 Å². The van der Waals surface area contributed by atoms with Crippen LogP contribution in [0.5, 0.6) is 0 Å². The van der Waals surface area contributed by atoms with Crippen LogP contribution in [-0.4, -0.2) is 46.9 Å². The molecule has 8 unspecified atom stereocenters. The van der Waals surface area contributed by atoms with E-state index in [-0.39, 0.29) is 47.3 Å². The molecule has 0 radical (unpaired) electrons. The number of allylic oxidation sites excluding steroid dienone is 2. The molecule has 5 aliphatic rings. The molecule has 2 heterocycles. The molecule has 39 heavy (non-hydrogen) atoms. The highest BCUT2D eigenvalue weighted by atomic mass is 16.6. The molecule has 1 N–H and O–H groups in total. The van der Waals surface area contributed by atoms with Crippen molar-refractivity contribution in [2.45, 2.75) is 104 Å². The van der Waals surface area contributed by atoms with Gasteiger partial charge in [0.15, 0.2) is 0 Å². The van der Waals surface area contributed by atoms with Crippen LogP contribution in [0.3, 0.4) is 0 Å². The highest BCUT2D eigenvalue weighted by Crippen LogP contribution is 2.69. The molecule has 0 saturated heterocycles. The van der Waals surface area contributed by atoms with Crippen LogP contribution in [0.25, 0.3) is 0 Å². The average molecular weight is 539 g/mol. The molecule has 1 saturated carbocycles. The van der Waals surface area contributed by atoms with Gasteiger partial charge in [0.05, 0.1) is 6.10 Å². The highest BCUT2D eigenvalue weighted by Gasteiger charge is 2.65. The topological polar surface area (TPSA) is 99.1 Å². The third kappa shape index (κ3) is 4.32. The van der Waals surface area contributed by atoms with E-state index in [9.17, 15) is 19.5 Å². The van der Waals surface area contributed by atoms with Crippen molar-refractivity contribution in [2.24, 2.45) is 28.6 Å². The number of carbonyl (C=O) groups excluding carboxylic acids is 3. The van der Waals surface area contributed by atoms with Crippen molar-refractivity contribution in [2.75, 3.05) is 0 Å². The van der Waals surface area contributed by atoms with Crippen LogP contribution in [0.1, 0.15) is 80.6 Å². The minimum atomic E-state index is -0.886. The molecule has 0 aromatic rings. The van der Waals surface area contributed by atoms with Crippen molar-refractivity contribution in [1.82, 2.24) is 0 Å². The number of fused-ring (bicyclic) bond motifs is 3. The zero-order valence-electron chi connectivity index (χ0n) is 24.2. The zero-order chi connectivity index (χ0) is 28.5. The van der Waals surface area contributed by atoms with Crippen molar-refractivity contribution in [1.29, 1.82) is 0 Å². The van der Waals surface area contributed by atoms with Gasteiger partial charge in [-0.2, -0.15) is 0 Å². The van der Waals surface area contributed by atoms with E-state index < -0.39 is 23.1 Å². The molecule has 212 valence electrons. The van der Waals surface area contributed by atoms with Gasteiger partial charge in [-0.05, 0) is 68.4 Å². The monoisotopic (exact) mass is 538 g/mol. The molecule has 5 rings (SSSR count). The normalized spacial score (nSPS) is 40.1. The number of aliphatic hydroxyl groups excluding tert-OH is 1. The predicted molar refractivity (Wildman–Crippen MR) is 145 cm³/mol. The zero-order valence-corrected chi connectivity index (χ0v) is 24.2. The van der Waals surface area contributed by atoms with E-state index in [1.165, 1.54) is 18.6 Å². The summed E-state index contributed by atoms with van der Waals surface area (Å²) in [5.41, 5.74) is 2.11. The number of cyclic esters (lactones) is 2. The van der Waals surface area contributed by atoms with Gasteiger partial charge < -0.3 is 19.3 Å². The summed E-state index contributed by atoms with van der Waals surface area (Å²) >= 11 is 0. The van der Waals surface area contributed by atoms with Gasteiger partial charge in [0.25, 0.3) is 0 Å². The Balaban J connectivity index is 1.60. The maximum atomic E-state index is 12.4. The molecule has 2 aliphatic heterocycles. The van der Waals surface area contributed by atoms with Gasteiger partial charge in [-0.1, -0.05) is 44.6 Å². The first-order chi connectivity index (χ1) is 18.2. The molecule has 0 aromatic carbocycles. The van der Waals surface area contributed by atoms with E-state index in [0.29, 0.717) is 24.8 Å². The lowest BCUT2D eigenvalue weighted by Gasteiger charge is -2.55. The second-order valence-corrected chi connectivity index (χ2v) is 13.2. The number of carbonyl (C=O) groups is 3. The fourth-order valence-corrected chi connectivity index (χ4v) is 8.67. The second kappa shape index (κ2) is 9.46. The quantitative estimate of drug-likeness (QED) is 0.392. The SMILES string of the molecule is CC(=O)OC1CC2=C(CC(O)C3C(=C2)C=CC(=O)OC3(C)C)C2(C)CCC(C(C)C3CC=C(C)C(=O)O3)C12C. The smallest absolute Gasteiger partial charge is 0.333 e. The minimum Gasteiger partial charge on any atom is -0.462 e. The van der Waals surface area contributed by atoms with Crippen molar-refractivity contribution >= 4 is 17.9 Å². The molecule has 7 nitrogen and oxygen atoms in total. The Hall–Kier alpha value is -2.67. The number of hydrogen-bond acceptors (Lipinski definition) is 7. The molecule has 0 spiro atoms. The largest absolute Gasteiger partial charge is 0.462 e. The van der Waals surface area contributed by atoms with Gasteiger partial charge in [-0.25, -0.2) is 9.59 Å². The third-order valence-corrected chi connectivity index (χ3v) is 10.8. The first kappa shape index (κ1) is 27.9. The molecule has 3 aliphatic carbocycles. The van der Waals surface area contributed by atoms with E-state index in [4.69, 9.17) is 14.2 Å². The number of esters is 3. The maximum Gasteiger partial charge on any atom is 0.333 e. The van der Waals surface area contributed by atoms with Gasteiger partial charge in [0.1, 0.15) is 17.8 Å². The van der Waals surface area contributed by atoms with E-state index in [1.807, 2.05) is 19.9 Å². The van der Waals surface area contributed by atoms with Gasteiger partial charge in [0, 0.05) is 42.7 Å². The fraction of sp³-hybridized carbons (Fsp3) is 0.656. The van der Waals surface area contributed by atoms with Crippen LogP contribution in [0.2, 0.25) is 0 Å². The number of rotatable bonds is 3. The number of ether oxygens (including phenoxy) is 3. The summed E-state index contributed by atoms with van der Waals surface area (Å²) in [6.45, 7) is 13.6. The third-order valence-electron chi connectivity index (χ3n) is 10.8. The summed E-state index contributed by atoms with van der Waals surface area (Å²) in [4.78, 5) is 37.1. The van der Waals surface area contributed by atoms with E-state index in [0.717, 1.165) is 24.0 Å². The molecule has 7 heteroatoms. The van der Waals surface area contributed by atoms with E-state index in [1.54, 1.807) is 13.0 Å². The van der Waals surface area contributed by atoms with Crippen LogP contribution in [0.15, 0.2) is 46.6 Å². The van der Waals surface area contributed by atoms with E-state index in [2.05, 4.69) is 26.8 Å². The Morgan fingerprint density at radius 3 is 2.54 bits per heavy atom. The van der Waals surface area contributed by atoms with Gasteiger partial charge in [-0.15, -0.1) is 0 Å². The molecule has 0 bridgehead atoms. The Bertz CT molecular complexity index is 1220. The fourth-order valence-electron chi connectivity index (χ4n) is 8.67. The lowest BCUT2D eigenvalue weighted by molar-refractivity contribution is -0.168. The molecular formula is C32H42O7. The lowest BCUT2D eigenvalue weighted by atomic mass is 9.51. The molecule has 0 amide bonds. The van der Waals surface area contributed by atoms with Crippen LogP contribution in [0, 0.1) is 28.6 Å². The summed E-state index contributed by atoms with van der Waals surface area (Å²) in [7, 11) is 0. The molecular weight excluding hydrogens is 496 g/mol. The number of aliphatic hydroxyl groups is 1. The summed E-state index contributed by atoms with van der Waals surface area (Å²) in [5, 5.41) is 11.7. The molecule has 8 atom stereocenters.